The van der Waals surface area contributed by atoms with E-state index in [9.17, 15) is 4.79 Å². The van der Waals surface area contributed by atoms with Crippen molar-refractivity contribution in [2.24, 2.45) is 0 Å². The maximum absolute atomic E-state index is 12.4. The molecule has 0 unspecified atom stereocenters. The molecule has 0 radical (unpaired) electrons. The van der Waals surface area contributed by atoms with E-state index in [0.29, 0.717) is 12.2 Å². The third-order valence-corrected chi connectivity index (χ3v) is 4.88. The first-order valence-electron chi connectivity index (χ1n) is 9.84. The highest BCUT2D eigenvalue weighted by atomic mass is 16.1. The molecule has 0 atom stereocenters. The van der Waals surface area contributed by atoms with Crippen molar-refractivity contribution in [1.29, 1.82) is 0 Å². The molecule has 0 aliphatic rings. The Labute approximate surface area is 167 Å². The van der Waals surface area contributed by atoms with Gasteiger partial charge in [-0.15, -0.1) is 0 Å². The van der Waals surface area contributed by atoms with Crippen LogP contribution in [0, 0.1) is 0 Å². The molecule has 1 N–H and O–H groups in total. The minimum Gasteiger partial charge on any atom is -0.349 e. The molecule has 2 aromatic carbocycles. The second-order valence-corrected chi connectivity index (χ2v) is 6.63. The summed E-state index contributed by atoms with van der Waals surface area (Å²) in [5.41, 5.74) is 4.59. The van der Waals surface area contributed by atoms with Crippen molar-refractivity contribution in [3.8, 4) is 22.4 Å². The number of pyridine rings is 1. The molecule has 1 amide bonds. The summed E-state index contributed by atoms with van der Waals surface area (Å²) in [6.45, 7) is 7.69. The Morgan fingerprint density at radius 1 is 0.821 bits per heavy atom. The van der Waals surface area contributed by atoms with Gasteiger partial charge in [-0.25, -0.2) is 4.98 Å². The molecule has 28 heavy (non-hydrogen) atoms. The standard InChI is InChI=1S/C24H27N3O/c1-3-27(4-2)18-17-25-24(28)23-12-8-11-22(26-23)21-15-13-20(14-16-21)19-9-6-5-7-10-19/h5-16H,3-4,17-18H2,1-2H3,(H,25,28). The number of nitrogens with zero attached hydrogens (tertiary/aromatic N) is 2. The molecule has 0 aliphatic carbocycles. The maximum atomic E-state index is 12.4. The summed E-state index contributed by atoms with van der Waals surface area (Å²) in [5, 5.41) is 2.96. The normalized spacial score (nSPS) is 10.8. The van der Waals surface area contributed by atoms with Crippen molar-refractivity contribution in [2.45, 2.75) is 13.8 Å². The van der Waals surface area contributed by atoms with Crippen molar-refractivity contribution in [2.75, 3.05) is 26.2 Å². The lowest BCUT2D eigenvalue weighted by Crippen LogP contribution is -2.35. The highest BCUT2D eigenvalue weighted by Gasteiger charge is 2.09. The third kappa shape index (κ3) is 5.05. The van der Waals surface area contributed by atoms with Crippen LogP contribution in [0.3, 0.4) is 0 Å². The topological polar surface area (TPSA) is 45.2 Å². The first-order chi connectivity index (χ1) is 13.7. The molecule has 144 valence electrons. The molecule has 0 fully saturated rings. The summed E-state index contributed by atoms with van der Waals surface area (Å²) >= 11 is 0. The maximum Gasteiger partial charge on any atom is 0.269 e. The lowest BCUT2D eigenvalue weighted by atomic mass is 10.0. The van der Waals surface area contributed by atoms with Crippen molar-refractivity contribution in [1.82, 2.24) is 15.2 Å². The van der Waals surface area contributed by atoms with Crippen LogP contribution < -0.4 is 5.32 Å². The Morgan fingerprint density at radius 3 is 2.14 bits per heavy atom. The van der Waals surface area contributed by atoms with E-state index in [2.05, 4.69) is 53.3 Å². The quantitative estimate of drug-likeness (QED) is 0.633. The summed E-state index contributed by atoms with van der Waals surface area (Å²) in [4.78, 5) is 19.3. The van der Waals surface area contributed by atoms with Gasteiger partial charge in [0.1, 0.15) is 5.69 Å². The van der Waals surface area contributed by atoms with E-state index in [4.69, 9.17) is 0 Å². The van der Waals surface area contributed by atoms with Crippen LogP contribution in [0.2, 0.25) is 0 Å². The monoisotopic (exact) mass is 373 g/mol. The predicted molar refractivity (Wildman–Crippen MR) is 115 cm³/mol. The largest absolute Gasteiger partial charge is 0.349 e. The van der Waals surface area contributed by atoms with Gasteiger partial charge in [-0.2, -0.15) is 0 Å². The highest BCUT2D eigenvalue weighted by Crippen LogP contribution is 2.23. The average Bonchev–Trinajstić information content (AvgIpc) is 2.77. The van der Waals surface area contributed by atoms with Gasteiger partial charge in [0.2, 0.25) is 0 Å². The van der Waals surface area contributed by atoms with E-state index in [-0.39, 0.29) is 5.91 Å². The van der Waals surface area contributed by atoms with E-state index < -0.39 is 0 Å². The Hall–Kier alpha value is -2.98. The molecule has 0 spiro atoms. The van der Waals surface area contributed by atoms with E-state index in [1.165, 1.54) is 5.56 Å². The summed E-state index contributed by atoms with van der Waals surface area (Å²) < 4.78 is 0. The number of nitrogens with one attached hydrogen (secondary N) is 1. The smallest absolute Gasteiger partial charge is 0.269 e. The number of amides is 1. The van der Waals surface area contributed by atoms with Gasteiger partial charge < -0.3 is 10.2 Å². The van der Waals surface area contributed by atoms with E-state index >= 15 is 0 Å². The zero-order valence-corrected chi connectivity index (χ0v) is 16.6. The molecule has 3 rings (SSSR count). The van der Waals surface area contributed by atoms with Gasteiger partial charge in [0.15, 0.2) is 0 Å². The fourth-order valence-corrected chi connectivity index (χ4v) is 3.14. The number of carbonyl (C=O) groups excluding carboxylic acids is 1. The Bertz CT molecular complexity index is 887. The molecule has 4 heteroatoms. The Balaban J connectivity index is 1.68. The molecule has 0 bridgehead atoms. The summed E-state index contributed by atoms with van der Waals surface area (Å²) in [6, 6.07) is 24.1. The van der Waals surface area contributed by atoms with Crippen LogP contribution in [-0.4, -0.2) is 42.0 Å². The van der Waals surface area contributed by atoms with Crippen molar-refractivity contribution in [3.63, 3.8) is 0 Å². The van der Waals surface area contributed by atoms with Crippen molar-refractivity contribution >= 4 is 5.91 Å². The second-order valence-electron chi connectivity index (χ2n) is 6.63. The number of aromatic nitrogens is 1. The lowest BCUT2D eigenvalue weighted by molar-refractivity contribution is 0.0944. The molecule has 1 aromatic heterocycles. The van der Waals surface area contributed by atoms with Gasteiger partial charge in [0.25, 0.3) is 5.91 Å². The molecule has 0 saturated carbocycles. The molecule has 0 aliphatic heterocycles. The summed E-state index contributed by atoms with van der Waals surface area (Å²) in [7, 11) is 0. The SMILES string of the molecule is CCN(CC)CCNC(=O)c1cccc(-c2ccc(-c3ccccc3)cc2)n1. The lowest BCUT2D eigenvalue weighted by Gasteiger charge is -2.17. The third-order valence-electron chi connectivity index (χ3n) is 4.88. The van der Waals surface area contributed by atoms with Gasteiger partial charge in [0, 0.05) is 18.7 Å². The zero-order chi connectivity index (χ0) is 19.8. The second kappa shape index (κ2) is 9.81. The Morgan fingerprint density at radius 2 is 1.46 bits per heavy atom. The number of benzene rings is 2. The van der Waals surface area contributed by atoms with Gasteiger partial charge in [0.05, 0.1) is 5.69 Å². The van der Waals surface area contributed by atoms with Gasteiger partial charge in [-0.1, -0.05) is 74.5 Å². The van der Waals surface area contributed by atoms with Crippen molar-refractivity contribution in [3.05, 3.63) is 78.5 Å². The summed E-state index contributed by atoms with van der Waals surface area (Å²) in [6.07, 6.45) is 0. The molecule has 0 saturated heterocycles. The Kier molecular flexibility index (Phi) is 6.93. The molecular formula is C24H27N3O. The fourth-order valence-electron chi connectivity index (χ4n) is 3.14. The first-order valence-corrected chi connectivity index (χ1v) is 9.84. The minimum atomic E-state index is -0.130. The fraction of sp³-hybridized carbons (Fsp3) is 0.250. The number of rotatable bonds is 8. The number of hydrogen-bond donors (Lipinski definition) is 1. The van der Waals surface area contributed by atoms with Crippen LogP contribution >= 0.6 is 0 Å². The highest BCUT2D eigenvalue weighted by molar-refractivity contribution is 5.92. The molecule has 3 aromatic rings. The number of likely N-dealkylation sites (N-methyl/N-ethyl adjacent to an activating group) is 1. The van der Waals surface area contributed by atoms with Crippen LogP contribution in [0.1, 0.15) is 24.3 Å². The average molecular weight is 374 g/mol. The van der Waals surface area contributed by atoms with Crippen LogP contribution in [0.4, 0.5) is 0 Å². The number of carbonyl (C=O) groups is 1. The summed E-state index contributed by atoms with van der Waals surface area (Å²) in [5.74, 6) is -0.130. The van der Waals surface area contributed by atoms with Crippen LogP contribution in [0.25, 0.3) is 22.4 Å². The van der Waals surface area contributed by atoms with Crippen LogP contribution in [0.5, 0.6) is 0 Å². The van der Waals surface area contributed by atoms with Gasteiger partial charge in [-0.3, -0.25) is 4.79 Å². The van der Waals surface area contributed by atoms with Crippen LogP contribution in [0.15, 0.2) is 72.8 Å². The number of hydrogen-bond acceptors (Lipinski definition) is 3. The van der Waals surface area contributed by atoms with Gasteiger partial charge in [-0.05, 0) is 36.3 Å². The van der Waals surface area contributed by atoms with E-state index in [1.54, 1.807) is 6.07 Å². The van der Waals surface area contributed by atoms with E-state index in [1.807, 2.05) is 42.5 Å². The first kappa shape index (κ1) is 19.8. The van der Waals surface area contributed by atoms with Crippen molar-refractivity contribution < 1.29 is 4.79 Å². The van der Waals surface area contributed by atoms with Crippen LogP contribution in [-0.2, 0) is 0 Å². The minimum absolute atomic E-state index is 0.130. The van der Waals surface area contributed by atoms with Gasteiger partial charge >= 0.3 is 0 Å². The zero-order valence-electron chi connectivity index (χ0n) is 16.6. The molecule has 1 heterocycles. The molecular weight excluding hydrogens is 346 g/mol. The molecule has 4 nitrogen and oxygen atoms in total. The van der Waals surface area contributed by atoms with E-state index in [0.717, 1.165) is 36.5 Å². The predicted octanol–water partition coefficient (Wildman–Crippen LogP) is 4.49.